The van der Waals surface area contributed by atoms with Crippen LogP contribution in [0.15, 0.2) is 36.4 Å². The van der Waals surface area contributed by atoms with Crippen LogP contribution in [0.4, 0.5) is 10.1 Å². The summed E-state index contributed by atoms with van der Waals surface area (Å²) in [5.41, 5.74) is 3.77. The van der Waals surface area contributed by atoms with Crippen molar-refractivity contribution in [3.63, 3.8) is 0 Å². The van der Waals surface area contributed by atoms with Crippen LogP contribution in [0.1, 0.15) is 54.2 Å². The summed E-state index contributed by atoms with van der Waals surface area (Å²) in [7, 11) is 0. The highest BCUT2D eigenvalue weighted by Gasteiger charge is 2.23. The molecule has 0 spiro atoms. The first-order chi connectivity index (χ1) is 14.5. The summed E-state index contributed by atoms with van der Waals surface area (Å²) < 4.78 is 18.1. The maximum atomic E-state index is 12.9. The minimum absolute atomic E-state index is 0.0710. The first kappa shape index (κ1) is 23.1. The average molecular weight is 410 g/mol. The van der Waals surface area contributed by atoms with E-state index >= 15 is 0 Å². The number of nitriles is 1. The highest BCUT2D eigenvalue weighted by Crippen LogP contribution is 2.33. The lowest BCUT2D eigenvalue weighted by Crippen LogP contribution is -2.24. The maximum Gasteiger partial charge on any atom is 0.338 e. The van der Waals surface area contributed by atoms with Crippen molar-refractivity contribution in [1.29, 1.82) is 5.26 Å². The van der Waals surface area contributed by atoms with Crippen LogP contribution < -0.4 is 4.90 Å². The fraction of sp³-hybridized carbons (Fsp3) is 0.375. The van der Waals surface area contributed by atoms with Crippen LogP contribution in [0.3, 0.4) is 0 Å². The Morgan fingerprint density at radius 2 is 1.90 bits per heavy atom. The summed E-state index contributed by atoms with van der Waals surface area (Å²) in [6.07, 6.45) is 1.78. The van der Waals surface area contributed by atoms with Gasteiger partial charge >= 0.3 is 5.97 Å². The number of esters is 1. The Morgan fingerprint density at radius 1 is 1.20 bits per heavy atom. The fourth-order valence-corrected chi connectivity index (χ4v) is 3.48. The molecule has 0 N–H and O–H groups in total. The molecule has 30 heavy (non-hydrogen) atoms. The highest BCUT2D eigenvalue weighted by molar-refractivity contribution is 5.89. The lowest BCUT2D eigenvalue weighted by atomic mass is 10.0. The van der Waals surface area contributed by atoms with Crippen molar-refractivity contribution in [2.75, 3.05) is 24.6 Å². The number of rotatable bonds is 7. The Kier molecular flexibility index (Phi) is 8.54. The molecular weight excluding hydrogens is 383 g/mol. The SMILES string of the molecule is CC.CC(=O)Cc1cc(C#N)c2c(c1)CCN2CCCOC(=O)c1ccc(F)cc1. The zero-order valence-corrected chi connectivity index (χ0v) is 17.7. The van der Waals surface area contributed by atoms with E-state index in [1.54, 1.807) is 13.0 Å². The number of benzene rings is 2. The number of Topliss-reactive ketones (excluding diaryl/α,β-unsaturated/α-hetero) is 1. The van der Waals surface area contributed by atoms with Crippen LogP contribution in [0, 0.1) is 17.1 Å². The molecule has 0 radical (unpaired) electrons. The van der Waals surface area contributed by atoms with Crippen LogP contribution in [0.5, 0.6) is 0 Å². The minimum atomic E-state index is -0.478. The Morgan fingerprint density at radius 3 is 2.53 bits per heavy atom. The molecule has 0 saturated carbocycles. The molecular formula is C24H27FN2O3. The van der Waals surface area contributed by atoms with E-state index in [1.165, 1.54) is 24.3 Å². The van der Waals surface area contributed by atoms with E-state index in [1.807, 2.05) is 19.9 Å². The lowest BCUT2D eigenvalue weighted by molar-refractivity contribution is -0.116. The predicted octanol–water partition coefficient (Wildman–Crippen LogP) is 4.46. The number of halogens is 1. The Bertz CT molecular complexity index is 933. The molecule has 1 aliphatic heterocycles. The molecule has 1 aliphatic rings. The number of ether oxygens (including phenoxy) is 1. The van der Waals surface area contributed by atoms with E-state index in [9.17, 15) is 19.2 Å². The van der Waals surface area contributed by atoms with E-state index in [0.29, 0.717) is 30.5 Å². The minimum Gasteiger partial charge on any atom is -0.462 e. The van der Waals surface area contributed by atoms with Crippen LogP contribution >= 0.6 is 0 Å². The second-order valence-corrected chi connectivity index (χ2v) is 6.88. The number of hydrogen-bond donors (Lipinski definition) is 0. The lowest BCUT2D eigenvalue weighted by Gasteiger charge is -2.20. The third kappa shape index (κ3) is 5.90. The van der Waals surface area contributed by atoms with Crippen molar-refractivity contribution in [2.45, 2.75) is 40.0 Å². The number of anilines is 1. The first-order valence-electron chi connectivity index (χ1n) is 10.2. The largest absolute Gasteiger partial charge is 0.462 e. The third-order valence-corrected chi connectivity index (χ3v) is 4.67. The van der Waals surface area contributed by atoms with E-state index in [0.717, 1.165) is 29.8 Å². The standard InChI is InChI=1S/C22H21FN2O3.C2H6/c1-15(26)11-16-12-18-7-9-25(21(18)19(13-16)14-24)8-2-10-28-22(27)17-3-5-20(23)6-4-17;1-2/h3-6,12-13H,2,7-11H2,1H3;1-2H3. The van der Waals surface area contributed by atoms with E-state index in [-0.39, 0.29) is 12.4 Å². The van der Waals surface area contributed by atoms with Gasteiger partial charge in [0.25, 0.3) is 0 Å². The number of hydrogen-bond acceptors (Lipinski definition) is 5. The molecule has 2 aromatic carbocycles. The molecule has 0 aliphatic carbocycles. The third-order valence-electron chi connectivity index (χ3n) is 4.67. The zero-order valence-electron chi connectivity index (χ0n) is 17.7. The summed E-state index contributed by atoms with van der Waals surface area (Å²) in [5.74, 6) is -0.806. The zero-order chi connectivity index (χ0) is 22.1. The molecule has 0 unspecified atom stereocenters. The molecule has 0 amide bonds. The summed E-state index contributed by atoms with van der Waals surface area (Å²) in [6, 6.07) is 11.3. The quantitative estimate of drug-likeness (QED) is 0.498. The van der Waals surface area contributed by atoms with Gasteiger partial charge in [-0.15, -0.1) is 0 Å². The van der Waals surface area contributed by atoms with Crippen molar-refractivity contribution in [3.05, 3.63) is 64.5 Å². The Labute approximate surface area is 177 Å². The number of ketones is 1. The van der Waals surface area contributed by atoms with Gasteiger partial charge in [0.2, 0.25) is 0 Å². The number of fused-ring (bicyclic) bond motifs is 1. The van der Waals surface area contributed by atoms with Crippen LogP contribution in [0.25, 0.3) is 0 Å². The fourth-order valence-electron chi connectivity index (χ4n) is 3.48. The summed E-state index contributed by atoms with van der Waals surface area (Å²) in [6.45, 7) is 7.23. The van der Waals surface area contributed by atoms with Gasteiger partial charge in [0.05, 0.1) is 23.4 Å². The van der Waals surface area contributed by atoms with Crippen LogP contribution in [-0.2, 0) is 22.4 Å². The van der Waals surface area contributed by atoms with Gasteiger partial charge in [-0.25, -0.2) is 9.18 Å². The molecule has 3 rings (SSSR count). The second-order valence-electron chi connectivity index (χ2n) is 6.88. The van der Waals surface area contributed by atoms with E-state index in [4.69, 9.17) is 4.74 Å². The van der Waals surface area contributed by atoms with Crippen molar-refractivity contribution >= 4 is 17.4 Å². The molecule has 0 aromatic heterocycles. The monoisotopic (exact) mass is 410 g/mol. The number of carbonyl (C=O) groups is 2. The van der Waals surface area contributed by atoms with Gasteiger partial charge in [0.15, 0.2) is 0 Å². The number of carbonyl (C=O) groups excluding carboxylic acids is 2. The van der Waals surface area contributed by atoms with Crippen molar-refractivity contribution in [1.82, 2.24) is 0 Å². The molecule has 2 aromatic rings. The molecule has 0 fully saturated rings. The topological polar surface area (TPSA) is 70.4 Å². The van der Waals surface area contributed by atoms with Gasteiger partial charge in [0, 0.05) is 19.5 Å². The first-order valence-corrected chi connectivity index (χ1v) is 10.2. The molecule has 1 heterocycles. The highest BCUT2D eigenvalue weighted by atomic mass is 19.1. The van der Waals surface area contributed by atoms with Crippen molar-refractivity contribution in [3.8, 4) is 6.07 Å². The summed E-state index contributed by atoms with van der Waals surface area (Å²) in [5, 5.41) is 9.51. The smallest absolute Gasteiger partial charge is 0.338 e. The molecule has 0 saturated heterocycles. The van der Waals surface area contributed by atoms with Gasteiger partial charge in [-0.3, -0.25) is 4.79 Å². The molecule has 6 heteroatoms. The van der Waals surface area contributed by atoms with E-state index < -0.39 is 11.8 Å². The van der Waals surface area contributed by atoms with E-state index in [2.05, 4.69) is 11.0 Å². The Balaban J connectivity index is 0.00000155. The molecule has 5 nitrogen and oxygen atoms in total. The average Bonchev–Trinajstić information content (AvgIpc) is 3.15. The van der Waals surface area contributed by atoms with Crippen LogP contribution in [0.2, 0.25) is 0 Å². The predicted molar refractivity (Wildman–Crippen MR) is 114 cm³/mol. The number of nitrogens with zero attached hydrogens (tertiary/aromatic N) is 2. The molecule has 0 atom stereocenters. The summed E-state index contributed by atoms with van der Waals surface area (Å²) >= 11 is 0. The normalized spacial score (nSPS) is 11.8. The van der Waals surface area contributed by atoms with Crippen molar-refractivity contribution in [2.24, 2.45) is 0 Å². The van der Waals surface area contributed by atoms with Crippen LogP contribution in [-0.4, -0.2) is 31.4 Å². The van der Waals surface area contributed by atoms with Crippen molar-refractivity contribution < 1.29 is 18.7 Å². The van der Waals surface area contributed by atoms with Gasteiger partial charge in [0.1, 0.15) is 17.7 Å². The summed E-state index contributed by atoms with van der Waals surface area (Å²) in [4.78, 5) is 25.4. The molecule has 158 valence electrons. The van der Waals surface area contributed by atoms with Gasteiger partial charge in [-0.05, 0) is 61.2 Å². The molecule has 0 bridgehead atoms. The Hall–Kier alpha value is -3.20. The van der Waals surface area contributed by atoms with Gasteiger partial charge in [-0.1, -0.05) is 19.9 Å². The second kappa shape index (κ2) is 11.1. The van der Waals surface area contributed by atoms with Gasteiger partial charge < -0.3 is 9.64 Å². The maximum absolute atomic E-state index is 12.9. The van der Waals surface area contributed by atoms with Gasteiger partial charge in [-0.2, -0.15) is 5.26 Å².